The highest BCUT2D eigenvalue weighted by molar-refractivity contribution is 7.10. The summed E-state index contributed by atoms with van der Waals surface area (Å²) in [5.41, 5.74) is 1.82. The van der Waals surface area contributed by atoms with Crippen LogP contribution < -0.4 is 5.32 Å². The number of carbonyl (C=O) groups is 1. The van der Waals surface area contributed by atoms with Crippen LogP contribution in [0.4, 0.5) is 0 Å². The number of nitrogens with one attached hydrogen (secondary N) is 1. The zero-order valence-corrected chi connectivity index (χ0v) is 10.9. The molecule has 2 rings (SSSR count). The van der Waals surface area contributed by atoms with Crippen LogP contribution in [0.2, 0.25) is 0 Å². The molecule has 0 atom stereocenters. The maximum atomic E-state index is 11.6. The molecule has 0 saturated heterocycles. The van der Waals surface area contributed by atoms with E-state index in [-0.39, 0.29) is 5.91 Å². The smallest absolute Gasteiger partial charge is 0.244 e. The van der Waals surface area contributed by atoms with Crippen LogP contribution >= 0.6 is 11.3 Å². The van der Waals surface area contributed by atoms with E-state index in [0.29, 0.717) is 6.54 Å². The summed E-state index contributed by atoms with van der Waals surface area (Å²) in [7, 11) is 0. The Bertz CT molecular complexity index is 547. The van der Waals surface area contributed by atoms with Gasteiger partial charge >= 0.3 is 0 Å². The summed E-state index contributed by atoms with van der Waals surface area (Å²) in [4.78, 5) is 17.0. The van der Waals surface area contributed by atoms with Crippen molar-refractivity contribution in [2.45, 2.75) is 13.5 Å². The first-order valence-electron chi connectivity index (χ1n) is 5.66. The second-order valence-electron chi connectivity index (χ2n) is 3.84. The first kappa shape index (κ1) is 12.5. The third kappa shape index (κ3) is 3.82. The lowest BCUT2D eigenvalue weighted by atomic mass is 10.3. The standard InChI is InChI=1S/C14H14N2OS/c1-11-4-2-5-12(16-11)10-15-14(17)8-7-13-6-3-9-18-13/h2-9H,10H2,1H3,(H,15,17). The molecule has 0 fully saturated rings. The Morgan fingerprint density at radius 3 is 3.00 bits per heavy atom. The van der Waals surface area contributed by atoms with E-state index < -0.39 is 0 Å². The molecule has 18 heavy (non-hydrogen) atoms. The molecule has 1 N–H and O–H groups in total. The second-order valence-corrected chi connectivity index (χ2v) is 4.82. The average molecular weight is 258 g/mol. The third-order valence-corrected chi connectivity index (χ3v) is 3.17. The van der Waals surface area contributed by atoms with E-state index >= 15 is 0 Å². The average Bonchev–Trinajstić information content (AvgIpc) is 2.87. The predicted molar refractivity (Wildman–Crippen MR) is 74.2 cm³/mol. The van der Waals surface area contributed by atoms with Gasteiger partial charge in [0.1, 0.15) is 0 Å². The maximum absolute atomic E-state index is 11.6. The first-order valence-corrected chi connectivity index (χ1v) is 6.54. The van der Waals surface area contributed by atoms with Gasteiger partial charge in [-0.05, 0) is 36.6 Å². The Labute approximate surface area is 110 Å². The van der Waals surface area contributed by atoms with E-state index in [9.17, 15) is 4.79 Å². The number of amides is 1. The number of rotatable bonds is 4. The zero-order chi connectivity index (χ0) is 12.8. The van der Waals surface area contributed by atoms with Gasteiger partial charge in [0, 0.05) is 16.6 Å². The first-order chi connectivity index (χ1) is 8.74. The summed E-state index contributed by atoms with van der Waals surface area (Å²) in [6.07, 6.45) is 3.35. The van der Waals surface area contributed by atoms with Gasteiger partial charge in [-0.3, -0.25) is 9.78 Å². The normalized spacial score (nSPS) is 10.7. The number of pyridine rings is 1. The summed E-state index contributed by atoms with van der Waals surface area (Å²) >= 11 is 1.60. The number of aromatic nitrogens is 1. The quantitative estimate of drug-likeness (QED) is 0.857. The number of carbonyl (C=O) groups excluding carboxylic acids is 1. The van der Waals surface area contributed by atoms with Crippen LogP contribution in [0, 0.1) is 6.92 Å². The molecule has 0 spiro atoms. The van der Waals surface area contributed by atoms with Crippen molar-refractivity contribution in [2.75, 3.05) is 0 Å². The molecule has 4 heteroatoms. The van der Waals surface area contributed by atoms with Gasteiger partial charge in [-0.2, -0.15) is 0 Å². The number of thiophene rings is 1. The van der Waals surface area contributed by atoms with Crippen LogP contribution in [0.1, 0.15) is 16.3 Å². The number of nitrogens with zero attached hydrogens (tertiary/aromatic N) is 1. The molecule has 0 aliphatic carbocycles. The molecule has 1 amide bonds. The maximum Gasteiger partial charge on any atom is 0.244 e. The number of hydrogen-bond acceptors (Lipinski definition) is 3. The molecule has 0 aliphatic rings. The van der Waals surface area contributed by atoms with Crippen molar-refractivity contribution in [3.8, 4) is 0 Å². The van der Waals surface area contributed by atoms with E-state index in [2.05, 4.69) is 10.3 Å². The summed E-state index contributed by atoms with van der Waals surface area (Å²) in [5.74, 6) is -0.105. The Morgan fingerprint density at radius 2 is 2.28 bits per heavy atom. The molecule has 2 aromatic heterocycles. The van der Waals surface area contributed by atoms with E-state index in [1.165, 1.54) is 0 Å². The van der Waals surface area contributed by atoms with Gasteiger partial charge in [0.2, 0.25) is 5.91 Å². The van der Waals surface area contributed by atoms with Gasteiger partial charge in [-0.1, -0.05) is 12.1 Å². The minimum absolute atomic E-state index is 0.105. The molecule has 0 aromatic carbocycles. The fraction of sp³-hybridized carbons (Fsp3) is 0.143. The highest BCUT2D eigenvalue weighted by Gasteiger charge is 1.98. The molecule has 0 aliphatic heterocycles. The number of aryl methyl sites for hydroxylation is 1. The lowest BCUT2D eigenvalue weighted by molar-refractivity contribution is -0.116. The minimum Gasteiger partial charge on any atom is -0.347 e. The van der Waals surface area contributed by atoms with Crippen molar-refractivity contribution < 1.29 is 4.79 Å². The number of hydrogen-bond donors (Lipinski definition) is 1. The van der Waals surface area contributed by atoms with Crippen LogP contribution in [0.15, 0.2) is 41.8 Å². The molecule has 92 valence electrons. The summed E-state index contributed by atoms with van der Waals surface area (Å²) in [5, 5.41) is 4.79. The second kappa shape index (κ2) is 6.12. The van der Waals surface area contributed by atoms with Crippen LogP contribution in [0.25, 0.3) is 6.08 Å². The lowest BCUT2D eigenvalue weighted by Crippen LogP contribution is -2.20. The highest BCUT2D eigenvalue weighted by Crippen LogP contribution is 2.09. The van der Waals surface area contributed by atoms with Gasteiger partial charge in [0.15, 0.2) is 0 Å². The van der Waals surface area contributed by atoms with E-state index in [4.69, 9.17) is 0 Å². The molecule has 0 unspecified atom stereocenters. The van der Waals surface area contributed by atoms with Crippen LogP contribution in [-0.4, -0.2) is 10.9 Å². The zero-order valence-electron chi connectivity index (χ0n) is 10.1. The Hall–Kier alpha value is -1.94. The van der Waals surface area contributed by atoms with E-state index in [1.54, 1.807) is 17.4 Å². The van der Waals surface area contributed by atoms with Crippen LogP contribution in [0.3, 0.4) is 0 Å². The largest absolute Gasteiger partial charge is 0.347 e. The van der Waals surface area contributed by atoms with Gasteiger partial charge in [-0.25, -0.2) is 0 Å². The molecular weight excluding hydrogens is 244 g/mol. The Morgan fingerprint density at radius 1 is 1.39 bits per heavy atom. The van der Waals surface area contributed by atoms with Gasteiger partial charge in [0.25, 0.3) is 0 Å². The SMILES string of the molecule is Cc1cccc(CNC(=O)C=Cc2cccs2)n1. The van der Waals surface area contributed by atoms with E-state index in [1.807, 2.05) is 48.7 Å². The molecule has 0 bridgehead atoms. The van der Waals surface area contributed by atoms with Crippen molar-refractivity contribution in [1.82, 2.24) is 10.3 Å². The van der Waals surface area contributed by atoms with Crippen molar-refractivity contribution >= 4 is 23.3 Å². The predicted octanol–water partition coefficient (Wildman–Crippen LogP) is 2.78. The van der Waals surface area contributed by atoms with Gasteiger partial charge < -0.3 is 5.32 Å². The Kier molecular flexibility index (Phi) is 4.25. The fourth-order valence-electron chi connectivity index (χ4n) is 1.48. The third-order valence-electron chi connectivity index (χ3n) is 2.33. The highest BCUT2D eigenvalue weighted by atomic mass is 32.1. The van der Waals surface area contributed by atoms with E-state index in [0.717, 1.165) is 16.3 Å². The lowest BCUT2D eigenvalue weighted by Gasteiger charge is -2.02. The van der Waals surface area contributed by atoms with Crippen molar-refractivity contribution in [3.05, 3.63) is 58.1 Å². The topological polar surface area (TPSA) is 42.0 Å². The summed E-state index contributed by atoms with van der Waals surface area (Å²) in [6, 6.07) is 9.69. The van der Waals surface area contributed by atoms with Crippen molar-refractivity contribution in [2.24, 2.45) is 0 Å². The molecular formula is C14H14N2OS. The summed E-state index contributed by atoms with van der Waals surface area (Å²) < 4.78 is 0. The fourth-order valence-corrected chi connectivity index (χ4v) is 2.10. The minimum atomic E-state index is -0.105. The van der Waals surface area contributed by atoms with Crippen LogP contribution in [0.5, 0.6) is 0 Å². The molecule has 0 radical (unpaired) electrons. The molecule has 2 aromatic rings. The Balaban J connectivity index is 1.85. The van der Waals surface area contributed by atoms with Crippen molar-refractivity contribution in [3.63, 3.8) is 0 Å². The molecule has 3 nitrogen and oxygen atoms in total. The molecule has 2 heterocycles. The van der Waals surface area contributed by atoms with Gasteiger partial charge in [-0.15, -0.1) is 11.3 Å². The van der Waals surface area contributed by atoms with Crippen LogP contribution in [-0.2, 0) is 11.3 Å². The monoisotopic (exact) mass is 258 g/mol. The summed E-state index contributed by atoms with van der Waals surface area (Å²) in [6.45, 7) is 2.39. The molecule has 0 saturated carbocycles. The van der Waals surface area contributed by atoms with Gasteiger partial charge in [0.05, 0.1) is 12.2 Å². The van der Waals surface area contributed by atoms with Crippen molar-refractivity contribution in [1.29, 1.82) is 0 Å².